The van der Waals surface area contributed by atoms with E-state index in [0.717, 1.165) is 57.8 Å². The molecule has 2 amide bonds. The lowest BCUT2D eigenvalue weighted by atomic mass is 9.35. The summed E-state index contributed by atoms with van der Waals surface area (Å²) >= 11 is 0. The highest BCUT2D eigenvalue weighted by molar-refractivity contribution is 5.86. The Balaban J connectivity index is 1.20. The van der Waals surface area contributed by atoms with E-state index in [2.05, 4.69) is 46.9 Å². The van der Waals surface area contributed by atoms with Crippen LogP contribution in [0.2, 0.25) is 0 Å². The third-order valence-electron chi connectivity index (χ3n) is 15.7. The zero-order valence-electron chi connectivity index (χ0n) is 32.5. The number of ether oxygens (including phenoxy) is 3. The van der Waals surface area contributed by atoms with E-state index < -0.39 is 29.4 Å². The van der Waals surface area contributed by atoms with Crippen LogP contribution in [0, 0.1) is 45.3 Å². The molecule has 6 aliphatic rings. The molecule has 0 aromatic heterocycles. The van der Waals surface area contributed by atoms with E-state index in [1.54, 1.807) is 0 Å². The predicted molar refractivity (Wildman–Crippen MR) is 189 cm³/mol. The normalized spacial score (nSPS) is 46.8. The van der Waals surface area contributed by atoms with E-state index in [1.165, 1.54) is 4.90 Å². The number of carbonyl (C=O) groups excluding carboxylic acids is 2. The van der Waals surface area contributed by atoms with Crippen molar-refractivity contribution in [1.82, 2.24) is 10.2 Å². The van der Waals surface area contributed by atoms with Crippen LogP contribution in [0.25, 0.3) is 0 Å². The Morgan fingerprint density at radius 2 is 1.55 bits per heavy atom. The molecule has 0 bridgehead atoms. The molecule has 4 saturated carbocycles. The fourth-order valence-electron chi connectivity index (χ4n) is 13.0. The first-order chi connectivity index (χ1) is 22.5. The van der Waals surface area contributed by atoms with Crippen molar-refractivity contribution in [1.29, 1.82) is 0 Å². The van der Waals surface area contributed by atoms with Gasteiger partial charge in [0.05, 0.1) is 36.6 Å². The summed E-state index contributed by atoms with van der Waals surface area (Å²) in [6.07, 6.45) is 7.77. The largest absolute Gasteiger partial charge is 0.444 e. The number of aliphatic hydroxyl groups is 2. The van der Waals surface area contributed by atoms with Gasteiger partial charge in [-0.25, -0.2) is 4.79 Å². The van der Waals surface area contributed by atoms with Crippen LogP contribution in [0.4, 0.5) is 4.79 Å². The van der Waals surface area contributed by atoms with Gasteiger partial charge in [-0.3, -0.25) is 9.69 Å². The maximum absolute atomic E-state index is 13.9. The lowest BCUT2D eigenvalue weighted by molar-refractivity contribution is -0.240. The van der Waals surface area contributed by atoms with Crippen LogP contribution in [0.15, 0.2) is 0 Å². The standard InChI is InChI=1S/C40H68N2O7/c1-34(2,3)49-33(45)42-20-21-47-23-25(42)32(44)41-29-14-16-37(8)27(35(29,4)5)13-18-38(9)28(37)22-26(43)31-24(12-17-39(31,38)10)40(11)19-15-30(48-40)36(6,7)46/h24-31,43,46H,12-23H2,1-11H3,(H,41,44)/t24-,25-,26+,27-,28+,29-,30+,31-,37-,38+,39+,40-/m0/s1. The van der Waals surface area contributed by atoms with Crippen LogP contribution in [0.3, 0.4) is 0 Å². The summed E-state index contributed by atoms with van der Waals surface area (Å²) in [5.41, 5.74) is -1.92. The average Bonchev–Trinajstić information content (AvgIpc) is 3.58. The van der Waals surface area contributed by atoms with Crippen LogP contribution in [0.5, 0.6) is 0 Å². The molecule has 3 N–H and O–H groups in total. The van der Waals surface area contributed by atoms with Gasteiger partial charge in [0.1, 0.15) is 11.6 Å². The molecular weight excluding hydrogens is 620 g/mol. The minimum atomic E-state index is -0.873. The average molecular weight is 689 g/mol. The molecule has 12 atom stereocenters. The highest BCUT2D eigenvalue weighted by Crippen LogP contribution is 2.76. The third-order valence-corrected chi connectivity index (χ3v) is 15.7. The summed E-state index contributed by atoms with van der Waals surface area (Å²) in [4.78, 5) is 28.5. The molecule has 6 rings (SSSR count). The highest BCUT2D eigenvalue weighted by atomic mass is 16.6. The monoisotopic (exact) mass is 689 g/mol. The van der Waals surface area contributed by atoms with Gasteiger partial charge in [-0.1, -0.05) is 34.6 Å². The summed E-state index contributed by atoms with van der Waals surface area (Å²) in [6, 6.07) is -0.742. The molecule has 6 fully saturated rings. The van der Waals surface area contributed by atoms with Gasteiger partial charge in [-0.15, -0.1) is 0 Å². The molecule has 2 aliphatic heterocycles. The lowest BCUT2D eigenvalue weighted by Gasteiger charge is -2.71. The zero-order valence-corrected chi connectivity index (χ0v) is 32.5. The Kier molecular flexibility index (Phi) is 9.19. The zero-order chi connectivity index (χ0) is 36.2. The van der Waals surface area contributed by atoms with E-state index in [9.17, 15) is 19.8 Å². The fraction of sp³-hybridized carbons (Fsp3) is 0.950. The topological polar surface area (TPSA) is 118 Å². The molecule has 0 aromatic rings. The summed E-state index contributed by atoms with van der Waals surface area (Å²) in [5, 5.41) is 26.4. The predicted octanol–water partition coefficient (Wildman–Crippen LogP) is 6.47. The first-order valence-electron chi connectivity index (χ1n) is 19.4. The number of aliphatic hydroxyl groups excluding tert-OH is 1. The summed E-state index contributed by atoms with van der Waals surface area (Å²) < 4.78 is 18.1. The molecule has 0 radical (unpaired) electrons. The minimum absolute atomic E-state index is 0.00548. The SMILES string of the molecule is CC(C)(C)OC(=O)N1CCOC[C@H]1C(=O)N[C@H]1CC[C@]2(C)[C@H]3C[C@@H](O)[C@@H]4[C@@H]([C@]5(C)CC[C@H](C(C)(C)O)O5)CC[C@@]4(C)[C@]3(C)CC[C@H]2C1(C)C. The molecule has 0 unspecified atom stereocenters. The second-order valence-electron chi connectivity index (χ2n) is 20.3. The molecule has 49 heavy (non-hydrogen) atoms. The number of hydrogen-bond acceptors (Lipinski definition) is 7. The van der Waals surface area contributed by atoms with Gasteiger partial charge in [0.15, 0.2) is 0 Å². The van der Waals surface area contributed by atoms with E-state index in [0.29, 0.717) is 25.0 Å². The van der Waals surface area contributed by atoms with E-state index in [-0.39, 0.29) is 63.8 Å². The smallest absolute Gasteiger partial charge is 0.411 e. The molecule has 0 spiro atoms. The van der Waals surface area contributed by atoms with Gasteiger partial charge in [0, 0.05) is 12.6 Å². The van der Waals surface area contributed by atoms with Crippen LogP contribution in [0.1, 0.15) is 134 Å². The Morgan fingerprint density at radius 3 is 2.18 bits per heavy atom. The number of nitrogens with zero attached hydrogens (tertiary/aromatic N) is 1. The van der Waals surface area contributed by atoms with Crippen molar-refractivity contribution >= 4 is 12.0 Å². The number of amides is 2. The van der Waals surface area contributed by atoms with Gasteiger partial charge in [-0.05, 0) is 145 Å². The van der Waals surface area contributed by atoms with Gasteiger partial charge in [-0.2, -0.15) is 0 Å². The van der Waals surface area contributed by atoms with Crippen molar-refractivity contribution in [3.05, 3.63) is 0 Å². The third kappa shape index (κ3) is 5.96. The first-order valence-corrected chi connectivity index (χ1v) is 19.4. The summed E-state index contributed by atoms with van der Waals surface area (Å²) in [7, 11) is 0. The molecule has 0 aromatic carbocycles. The number of hydrogen-bond donors (Lipinski definition) is 3. The van der Waals surface area contributed by atoms with Crippen molar-refractivity contribution in [3.8, 4) is 0 Å². The van der Waals surface area contributed by atoms with Crippen LogP contribution in [-0.4, -0.2) is 88.0 Å². The molecular formula is C40H68N2O7. The lowest BCUT2D eigenvalue weighted by Crippen LogP contribution is -2.68. The Labute approximate surface area is 295 Å². The van der Waals surface area contributed by atoms with E-state index in [4.69, 9.17) is 14.2 Å². The van der Waals surface area contributed by atoms with Crippen molar-refractivity contribution in [2.45, 2.75) is 175 Å². The Bertz CT molecular complexity index is 1290. The maximum atomic E-state index is 13.9. The quantitative estimate of drug-likeness (QED) is 0.310. The van der Waals surface area contributed by atoms with Gasteiger partial charge in [0.2, 0.25) is 5.91 Å². The molecule has 2 saturated heterocycles. The van der Waals surface area contributed by atoms with Gasteiger partial charge >= 0.3 is 6.09 Å². The number of morpholine rings is 1. The Morgan fingerprint density at radius 1 is 0.878 bits per heavy atom. The van der Waals surface area contributed by atoms with Crippen molar-refractivity contribution in [2.24, 2.45) is 45.3 Å². The Hall–Kier alpha value is -1.42. The van der Waals surface area contributed by atoms with Crippen LogP contribution >= 0.6 is 0 Å². The highest BCUT2D eigenvalue weighted by Gasteiger charge is 2.72. The second-order valence-corrected chi connectivity index (χ2v) is 20.3. The summed E-state index contributed by atoms with van der Waals surface area (Å²) in [6.45, 7) is 24.6. The first kappa shape index (κ1) is 37.3. The van der Waals surface area contributed by atoms with E-state index in [1.807, 2.05) is 34.6 Å². The number of carbonyl (C=O) groups is 2. The number of nitrogens with one attached hydrogen (secondary N) is 1. The fourth-order valence-corrected chi connectivity index (χ4v) is 13.0. The van der Waals surface area contributed by atoms with Crippen molar-refractivity contribution < 1.29 is 34.0 Å². The second kappa shape index (κ2) is 12.1. The maximum Gasteiger partial charge on any atom is 0.411 e. The summed E-state index contributed by atoms with van der Waals surface area (Å²) in [5.74, 6) is 1.04. The molecule has 9 nitrogen and oxygen atoms in total. The van der Waals surface area contributed by atoms with Crippen LogP contribution < -0.4 is 5.32 Å². The van der Waals surface area contributed by atoms with Gasteiger partial charge < -0.3 is 29.7 Å². The number of fused-ring (bicyclic) bond motifs is 5. The van der Waals surface area contributed by atoms with Gasteiger partial charge in [0.25, 0.3) is 0 Å². The van der Waals surface area contributed by atoms with Crippen molar-refractivity contribution in [2.75, 3.05) is 19.8 Å². The van der Waals surface area contributed by atoms with Crippen molar-refractivity contribution in [3.63, 3.8) is 0 Å². The number of rotatable bonds is 4. The van der Waals surface area contributed by atoms with E-state index >= 15 is 0 Å². The molecule has 9 heteroatoms. The van der Waals surface area contributed by atoms with Crippen LogP contribution in [-0.2, 0) is 19.0 Å². The molecule has 4 aliphatic carbocycles. The molecule has 280 valence electrons. The molecule has 2 heterocycles. The minimum Gasteiger partial charge on any atom is -0.444 e.